The summed E-state index contributed by atoms with van der Waals surface area (Å²) in [5.41, 5.74) is 2.41. The summed E-state index contributed by atoms with van der Waals surface area (Å²) >= 11 is 0. The number of rotatable bonds is 6. The highest BCUT2D eigenvalue weighted by molar-refractivity contribution is 7.88. The normalized spacial score (nSPS) is 15.1. The number of anilines is 1. The van der Waals surface area contributed by atoms with Gasteiger partial charge in [-0.3, -0.25) is 4.79 Å². The molecule has 2 aromatic rings. The third-order valence-corrected chi connectivity index (χ3v) is 6.65. The second kappa shape index (κ2) is 10.7. The number of hydrogen-bond acceptors (Lipinski definition) is 8. The number of benzene rings is 1. The summed E-state index contributed by atoms with van der Waals surface area (Å²) in [4.78, 5) is 37.2. The van der Waals surface area contributed by atoms with E-state index in [-0.39, 0.29) is 18.9 Å². The van der Waals surface area contributed by atoms with Crippen LogP contribution in [0.15, 0.2) is 18.5 Å². The Kier molecular flexibility index (Phi) is 8.16. The quantitative estimate of drug-likeness (QED) is 0.608. The predicted octanol–water partition coefficient (Wildman–Crippen LogP) is 2.03. The van der Waals surface area contributed by atoms with Crippen molar-refractivity contribution in [1.29, 1.82) is 0 Å². The van der Waals surface area contributed by atoms with Crippen LogP contribution in [0.2, 0.25) is 0 Å². The lowest BCUT2D eigenvalue weighted by molar-refractivity contribution is -0.130. The molecule has 0 unspecified atom stereocenters. The molecule has 0 atom stereocenters. The van der Waals surface area contributed by atoms with Gasteiger partial charge in [0.2, 0.25) is 5.91 Å². The molecular formula is C23H34N6O5S. The smallest absolute Gasteiger partial charge is 0.422 e. The van der Waals surface area contributed by atoms with Crippen molar-refractivity contribution in [2.24, 2.45) is 0 Å². The second-order valence-corrected chi connectivity index (χ2v) is 11.1. The van der Waals surface area contributed by atoms with Gasteiger partial charge in [0.1, 0.15) is 17.7 Å². The van der Waals surface area contributed by atoms with Gasteiger partial charge in [-0.1, -0.05) is 0 Å². The number of hydrogen-bond donors (Lipinski definition) is 2. The van der Waals surface area contributed by atoms with Crippen LogP contribution in [0.3, 0.4) is 0 Å². The first-order valence-corrected chi connectivity index (χ1v) is 13.1. The average Bonchev–Trinajstić information content (AvgIpc) is 2.98. The van der Waals surface area contributed by atoms with Crippen molar-refractivity contribution >= 4 is 38.9 Å². The lowest BCUT2D eigenvalue weighted by Gasteiger charge is -2.24. The zero-order chi connectivity index (χ0) is 25.8. The Bertz CT molecular complexity index is 1190. The molecule has 1 saturated heterocycles. The van der Waals surface area contributed by atoms with Crippen molar-refractivity contribution in [2.75, 3.05) is 37.6 Å². The molecule has 192 valence electrons. The maximum Gasteiger partial charge on any atom is 0.422 e. The summed E-state index contributed by atoms with van der Waals surface area (Å²) in [7, 11) is -4.13. The van der Waals surface area contributed by atoms with E-state index < -0.39 is 21.9 Å². The van der Waals surface area contributed by atoms with Crippen molar-refractivity contribution < 1.29 is 22.7 Å². The van der Waals surface area contributed by atoms with Gasteiger partial charge in [0, 0.05) is 44.5 Å². The number of nitrogens with zero attached hydrogens (tertiary/aromatic N) is 4. The Labute approximate surface area is 206 Å². The molecule has 2 amide bonds. The fraction of sp³-hybridized carbons (Fsp3) is 0.565. The molecule has 0 bridgehead atoms. The Morgan fingerprint density at radius 1 is 1.06 bits per heavy atom. The van der Waals surface area contributed by atoms with Gasteiger partial charge in [0.25, 0.3) is 0 Å². The molecule has 0 spiro atoms. The zero-order valence-corrected chi connectivity index (χ0v) is 21.7. The Morgan fingerprint density at radius 3 is 2.49 bits per heavy atom. The lowest BCUT2D eigenvalue weighted by atomic mass is 10.1. The number of aromatic nitrogens is 2. The molecule has 2 N–H and O–H groups in total. The lowest BCUT2D eigenvalue weighted by Crippen LogP contribution is -2.44. The van der Waals surface area contributed by atoms with Crippen LogP contribution in [0.4, 0.5) is 10.6 Å². The minimum atomic E-state index is -4.13. The molecule has 3 rings (SSSR count). The Hall–Kier alpha value is -2.99. The van der Waals surface area contributed by atoms with Crippen LogP contribution in [-0.2, 0) is 19.7 Å². The molecule has 12 heteroatoms. The van der Waals surface area contributed by atoms with Crippen LogP contribution in [0, 0.1) is 13.8 Å². The fourth-order valence-corrected chi connectivity index (χ4v) is 4.53. The van der Waals surface area contributed by atoms with E-state index in [2.05, 4.69) is 45.6 Å². The summed E-state index contributed by atoms with van der Waals surface area (Å²) in [6.07, 6.45) is 1.22. The molecule has 0 aliphatic carbocycles. The molecule has 1 aromatic carbocycles. The summed E-state index contributed by atoms with van der Waals surface area (Å²) in [5.74, 6) is 0.694. The average molecular weight is 507 g/mol. The van der Waals surface area contributed by atoms with E-state index in [1.54, 1.807) is 36.7 Å². The number of fused-ring (bicyclic) bond motifs is 1. The van der Waals surface area contributed by atoms with Crippen LogP contribution in [0.1, 0.15) is 44.7 Å². The highest BCUT2D eigenvalue weighted by Gasteiger charge is 2.23. The van der Waals surface area contributed by atoms with E-state index in [0.717, 1.165) is 29.7 Å². The molecular weight excluding hydrogens is 472 g/mol. The second-order valence-electron chi connectivity index (χ2n) is 9.62. The van der Waals surface area contributed by atoms with Gasteiger partial charge in [-0.2, -0.15) is 13.1 Å². The number of carbonyl (C=O) groups excluding carboxylic acids is 2. The van der Waals surface area contributed by atoms with Crippen molar-refractivity contribution in [3.63, 3.8) is 0 Å². The number of nitrogens with one attached hydrogen (secondary N) is 2. The standard InChI is InChI=1S/C23H34N6O5S/c1-16-13-18-19(14-17(16)2)24-15-25-21(18)29-10-6-9-28(11-12-29)20(30)7-8-26-35(32,33)27-22(31)34-23(3,4)5/h13-15,26H,6-12H2,1-5H3,(H,27,31). The molecule has 1 aliphatic rings. The predicted molar refractivity (Wildman–Crippen MR) is 133 cm³/mol. The van der Waals surface area contributed by atoms with Crippen LogP contribution < -0.4 is 14.3 Å². The summed E-state index contributed by atoms with van der Waals surface area (Å²) in [5, 5.41) is 0.988. The number of aryl methyl sites for hydroxylation is 2. The number of carbonyl (C=O) groups is 2. The Morgan fingerprint density at radius 2 is 1.77 bits per heavy atom. The van der Waals surface area contributed by atoms with Crippen molar-refractivity contribution in [3.8, 4) is 0 Å². The number of ether oxygens (including phenoxy) is 1. The first kappa shape index (κ1) is 26.6. The van der Waals surface area contributed by atoms with Gasteiger partial charge in [-0.15, -0.1) is 0 Å². The molecule has 35 heavy (non-hydrogen) atoms. The first-order valence-electron chi connectivity index (χ1n) is 11.6. The first-order chi connectivity index (χ1) is 16.3. The SMILES string of the molecule is Cc1cc2ncnc(N3CCCN(C(=O)CCNS(=O)(=O)NC(=O)OC(C)(C)C)CC3)c2cc1C. The molecule has 1 aliphatic heterocycles. The zero-order valence-electron chi connectivity index (χ0n) is 20.9. The van der Waals surface area contributed by atoms with Gasteiger partial charge in [0.15, 0.2) is 0 Å². The van der Waals surface area contributed by atoms with E-state index in [0.29, 0.717) is 19.6 Å². The van der Waals surface area contributed by atoms with Crippen molar-refractivity contribution in [1.82, 2.24) is 24.3 Å². The minimum Gasteiger partial charge on any atom is -0.443 e. The monoisotopic (exact) mass is 506 g/mol. The minimum absolute atomic E-state index is 0.0237. The molecule has 0 saturated carbocycles. The summed E-state index contributed by atoms with van der Waals surface area (Å²) in [6.45, 7) is 11.3. The third-order valence-electron chi connectivity index (χ3n) is 5.63. The van der Waals surface area contributed by atoms with E-state index in [1.807, 2.05) is 0 Å². The molecule has 1 fully saturated rings. The van der Waals surface area contributed by atoms with Crippen LogP contribution in [0.25, 0.3) is 10.9 Å². The van der Waals surface area contributed by atoms with Gasteiger partial charge < -0.3 is 14.5 Å². The van der Waals surface area contributed by atoms with Gasteiger partial charge >= 0.3 is 16.3 Å². The molecule has 11 nitrogen and oxygen atoms in total. The fourth-order valence-electron chi connectivity index (χ4n) is 3.83. The Balaban J connectivity index is 1.54. The maximum absolute atomic E-state index is 12.7. The van der Waals surface area contributed by atoms with Crippen LogP contribution in [-0.4, -0.2) is 73.6 Å². The molecule has 1 aromatic heterocycles. The van der Waals surface area contributed by atoms with Gasteiger partial charge in [-0.05, 0) is 64.3 Å². The van der Waals surface area contributed by atoms with Crippen LogP contribution >= 0.6 is 0 Å². The van der Waals surface area contributed by atoms with E-state index in [9.17, 15) is 18.0 Å². The van der Waals surface area contributed by atoms with Crippen molar-refractivity contribution in [3.05, 3.63) is 29.6 Å². The largest absolute Gasteiger partial charge is 0.443 e. The van der Waals surface area contributed by atoms with Gasteiger partial charge in [-0.25, -0.2) is 19.5 Å². The number of amides is 2. The topological polar surface area (TPSA) is 134 Å². The molecule has 2 heterocycles. The van der Waals surface area contributed by atoms with Gasteiger partial charge in [0.05, 0.1) is 5.52 Å². The summed E-state index contributed by atoms with van der Waals surface area (Å²) < 4.78 is 33.0. The molecule has 0 radical (unpaired) electrons. The van der Waals surface area contributed by atoms with E-state index in [1.165, 1.54) is 11.1 Å². The summed E-state index contributed by atoms with van der Waals surface area (Å²) in [6, 6.07) is 4.16. The highest BCUT2D eigenvalue weighted by Crippen LogP contribution is 2.26. The van der Waals surface area contributed by atoms with Crippen LogP contribution in [0.5, 0.6) is 0 Å². The highest BCUT2D eigenvalue weighted by atomic mass is 32.2. The maximum atomic E-state index is 12.7. The van der Waals surface area contributed by atoms with Crippen molar-refractivity contribution in [2.45, 2.75) is 53.1 Å². The third kappa shape index (κ3) is 7.49. The van der Waals surface area contributed by atoms with E-state index in [4.69, 9.17) is 4.74 Å². The van der Waals surface area contributed by atoms with E-state index >= 15 is 0 Å².